The van der Waals surface area contributed by atoms with Crippen molar-refractivity contribution in [2.45, 2.75) is 32.4 Å². The van der Waals surface area contributed by atoms with Crippen LogP contribution in [0.3, 0.4) is 0 Å². The maximum Gasteiger partial charge on any atom is 0.246 e. The zero-order valence-electron chi connectivity index (χ0n) is 21.0. The number of fused-ring (bicyclic) bond motifs is 1. The van der Waals surface area contributed by atoms with Gasteiger partial charge in [-0.2, -0.15) is 5.10 Å². The molecule has 3 aromatic heterocycles. The van der Waals surface area contributed by atoms with Gasteiger partial charge in [-0.25, -0.2) is 19.6 Å². The zero-order chi connectivity index (χ0) is 26.5. The summed E-state index contributed by atoms with van der Waals surface area (Å²) in [6.07, 6.45) is 6.29. The van der Waals surface area contributed by atoms with Crippen LogP contribution in [-0.4, -0.2) is 55.2 Å². The van der Waals surface area contributed by atoms with Crippen LogP contribution in [0.4, 0.5) is 5.82 Å². The Morgan fingerprint density at radius 2 is 2.13 bits per heavy atom. The van der Waals surface area contributed by atoms with Gasteiger partial charge in [-0.3, -0.25) is 4.79 Å². The number of likely N-dealkylation sites (tertiary alicyclic amines) is 1. The Kier molecular flexibility index (Phi) is 7.51. The van der Waals surface area contributed by atoms with Crippen LogP contribution >= 0.6 is 11.3 Å². The van der Waals surface area contributed by atoms with Gasteiger partial charge in [0.15, 0.2) is 5.65 Å². The highest BCUT2D eigenvalue weighted by atomic mass is 32.1. The number of thiazole rings is 1. The van der Waals surface area contributed by atoms with Crippen molar-refractivity contribution in [2.75, 3.05) is 25.4 Å². The molecule has 1 aliphatic rings. The number of aromatic nitrogens is 5. The molecular weight excluding hydrogens is 502 g/mol. The lowest BCUT2D eigenvalue weighted by molar-refractivity contribution is -0.127. The van der Waals surface area contributed by atoms with Gasteiger partial charge in [-0.1, -0.05) is 18.6 Å². The first-order valence-electron chi connectivity index (χ1n) is 12.2. The number of rotatable bonds is 7. The van der Waals surface area contributed by atoms with Gasteiger partial charge in [0.05, 0.1) is 21.3 Å². The maximum atomic E-state index is 12.2. The van der Waals surface area contributed by atoms with Gasteiger partial charge in [0.25, 0.3) is 0 Å². The van der Waals surface area contributed by atoms with E-state index in [9.17, 15) is 4.79 Å². The Bertz CT molecular complexity index is 1530. The smallest absolute Gasteiger partial charge is 0.246 e. The third kappa shape index (κ3) is 5.60. The fourth-order valence-electron chi connectivity index (χ4n) is 4.34. The van der Waals surface area contributed by atoms with Crippen molar-refractivity contribution in [2.24, 2.45) is 0 Å². The summed E-state index contributed by atoms with van der Waals surface area (Å²) in [6, 6.07) is 7.37. The van der Waals surface area contributed by atoms with Crippen molar-refractivity contribution in [1.82, 2.24) is 29.6 Å². The van der Waals surface area contributed by atoms with Crippen LogP contribution in [0.2, 0.25) is 0 Å². The predicted molar refractivity (Wildman–Crippen MR) is 145 cm³/mol. The lowest BCUT2D eigenvalue weighted by Gasteiger charge is -2.32. The van der Waals surface area contributed by atoms with Gasteiger partial charge in [0.2, 0.25) is 5.91 Å². The molecule has 1 fully saturated rings. The van der Waals surface area contributed by atoms with E-state index < -0.39 is 0 Å². The third-order valence-corrected chi connectivity index (χ3v) is 7.01. The topological polar surface area (TPSA) is 121 Å². The van der Waals surface area contributed by atoms with Crippen molar-refractivity contribution < 1.29 is 14.3 Å². The van der Waals surface area contributed by atoms with Crippen LogP contribution in [0.25, 0.3) is 11.0 Å². The van der Waals surface area contributed by atoms with Crippen molar-refractivity contribution in [3.63, 3.8) is 0 Å². The number of aryl methyl sites for hydroxylation is 1. The third-order valence-electron chi connectivity index (χ3n) is 6.12. The minimum Gasteiger partial charge on any atom is -0.488 e. The fourth-order valence-corrected chi connectivity index (χ4v) is 5.05. The van der Waals surface area contributed by atoms with E-state index >= 15 is 0 Å². The number of carbonyl (C=O) groups is 1. The number of anilines is 1. The Labute approximate surface area is 224 Å². The summed E-state index contributed by atoms with van der Waals surface area (Å²) < 4.78 is 13.5. The largest absolute Gasteiger partial charge is 0.488 e. The standard InChI is InChI=1S/C27H27N7O3S/c1-3-24(35)33-11-5-7-19(15-33)34-27-25(26(28)30-17-31-27)23(32-34)10-6-12-36-20-8-4-9-21(13-20)37-16-22-14-29-18(2)38-22/h3-4,8-9,13-14,17,19H,1,5,7,11-12,15-16H2,2H3,(H2,28,30,31)/t19-/m1/s1. The van der Waals surface area contributed by atoms with E-state index in [1.54, 1.807) is 16.2 Å². The summed E-state index contributed by atoms with van der Waals surface area (Å²) in [5, 5.41) is 6.33. The molecule has 1 saturated heterocycles. The molecule has 1 amide bonds. The lowest BCUT2D eigenvalue weighted by Crippen LogP contribution is -2.40. The molecule has 0 spiro atoms. The highest BCUT2D eigenvalue weighted by Crippen LogP contribution is 2.28. The summed E-state index contributed by atoms with van der Waals surface area (Å²) in [5.41, 5.74) is 7.26. The molecule has 1 aromatic carbocycles. The van der Waals surface area contributed by atoms with E-state index in [0.29, 0.717) is 53.7 Å². The molecule has 11 heteroatoms. The molecule has 38 heavy (non-hydrogen) atoms. The molecule has 4 aromatic rings. The number of hydrogen-bond donors (Lipinski definition) is 1. The van der Waals surface area contributed by atoms with E-state index in [2.05, 4.69) is 33.4 Å². The van der Waals surface area contributed by atoms with Crippen LogP contribution in [-0.2, 0) is 11.4 Å². The molecular formula is C27H27N7O3S. The number of nitrogen functional groups attached to an aromatic ring is 1. The maximum absolute atomic E-state index is 12.2. The van der Waals surface area contributed by atoms with Crippen LogP contribution in [0.1, 0.15) is 34.5 Å². The zero-order valence-corrected chi connectivity index (χ0v) is 21.8. The van der Waals surface area contributed by atoms with Gasteiger partial charge in [0.1, 0.15) is 42.6 Å². The first-order valence-corrected chi connectivity index (χ1v) is 13.0. The van der Waals surface area contributed by atoms with Gasteiger partial charge >= 0.3 is 0 Å². The molecule has 4 heterocycles. The minimum absolute atomic E-state index is 0.0483. The molecule has 0 unspecified atom stereocenters. The number of ether oxygens (including phenoxy) is 2. The molecule has 0 radical (unpaired) electrons. The highest BCUT2D eigenvalue weighted by molar-refractivity contribution is 7.11. The molecule has 0 aliphatic carbocycles. The van der Waals surface area contributed by atoms with Crippen LogP contribution < -0.4 is 15.2 Å². The number of amides is 1. The highest BCUT2D eigenvalue weighted by Gasteiger charge is 2.27. The number of nitrogens with zero attached hydrogens (tertiary/aromatic N) is 6. The number of nitrogens with two attached hydrogens (primary N) is 1. The molecule has 0 saturated carbocycles. The van der Waals surface area contributed by atoms with Crippen LogP contribution in [0.15, 0.2) is 49.4 Å². The summed E-state index contributed by atoms with van der Waals surface area (Å²) in [4.78, 5) is 27.8. The second kappa shape index (κ2) is 11.3. The summed E-state index contributed by atoms with van der Waals surface area (Å²) in [6.45, 7) is 7.37. The van der Waals surface area contributed by atoms with Crippen molar-refractivity contribution in [3.05, 3.63) is 65.0 Å². The van der Waals surface area contributed by atoms with E-state index in [1.807, 2.05) is 42.1 Å². The van der Waals surface area contributed by atoms with Gasteiger partial charge in [-0.15, -0.1) is 11.3 Å². The van der Waals surface area contributed by atoms with Gasteiger partial charge in [0, 0.05) is 25.4 Å². The quantitative estimate of drug-likeness (QED) is 0.285. The number of carbonyl (C=O) groups excluding carboxylic acids is 1. The van der Waals surface area contributed by atoms with Crippen LogP contribution in [0, 0.1) is 18.8 Å². The minimum atomic E-state index is -0.0921. The Balaban J connectivity index is 1.29. The second-order valence-corrected chi connectivity index (χ2v) is 10.1. The lowest BCUT2D eigenvalue weighted by atomic mass is 10.1. The molecule has 194 valence electrons. The summed E-state index contributed by atoms with van der Waals surface area (Å²) >= 11 is 1.61. The van der Waals surface area contributed by atoms with E-state index in [4.69, 9.17) is 20.3 Å². The van der Waals surface area contributed by atoms with Crippen molar-refractivity contribution in [1.29, 1.82) is 0 Å². The molecule has 2 N–H and O–H groups in total. The Morgan fingerprint density at radius 1 is 1.29 bits per heavy atom. The second-order valence-electron chi connectivity index (χ2n) is 8.73. The Hall–Kier alpha value is -4.43. The average Bonchev–Trinajstić information content (AvgIpc) is 3.53. The molecule has 1 aliphatic heterocycles. The molecule has 10 nitrogen and oxygen atoms in total. The first-order chi connectivity index (χ1) is 18.5. The normalized spacial score (nSPS) is 15.1. The van der Waals surface area contributed by atoms with Gasteiger partial charge < -0.3 is 20.1 Å². The first kappa shape index (κ1) is 25.2. The Morgan fingerprint density at radius 3 is 2.92 bits per heavy atom. The van der Waals surface area contributed by atoms with Crippen molar-refractivity contribution >= 4 is 34.1 Å². The summed E-state index contributed by atoms with van der Waals surface area (Å²) in [5.74, 6) is 7.64. The summed E-state index contributed by atoms with van der Waals surface area (Å²) in [7, 11) is 0. The monoisotopic (exact) mass is 529 g/mol. The van der Waals surface area contributed by atoms with Crippen LogP contribution in [0.5, 0.6) is 11.5 Å². The molecule has 0 bridgehead atoms. The average molecular weight is 530 g/mol. The number of piperidine rings is 1. The SMILES string of the molecule is C=CC(=O)N1CCC[C@@H](n2nc(C#CCOc3cccc(OCc4cnc(C)s4)c3)c3c(N)ncnc32)C1. The number of benzene rings is 1. The van der Waals surface area contributed by atoms with Gasteiger partial charge in [-0.05, 0) is 43.9 Å². The number of hydrogen-bond acceptors (Lipinski definition) is 9. The van der Waals surface area contributed by atoms with E-state index in [-0.39, 0.29) is 18.6 Å². The molecule has 5 rings (SSSR count). The van der Waals surface area contributed by atoms with Crippen molar-refractivity contribution in [3.8, 4) is 23.3 Å². The predicted octanol–water partition coefficient (Wildman–Crippen LogP) is 3.53. The molecule has 1 atom stereocenters. The fraction of sp³-hybridized carbons (Fsp3) is 0.296. The van der Waals surface area contributed by atoms with E-state index in [1.165, 1.54) is 12.4 Å². The van der Waals surface area contributed by atoms with E-state index in [0.717, 1.165) is 22.7 Å².